The van der Waals surface area contributed by atoms with Gasteiger partial charge in [-0.15, -0.1) is 11.8 Å². The van der Waals surface area contributed by atoms with Crippen molar-refractivity contribution >= 4 is 17.7 Å². The summed E-state index contributed by atoms with van der Waals surface area (Å²) >= 11 is 1.48. The van der Waals surface area contributed by atoms with E-state index in [1.165, 1.54) is 11.8 Å². The molecule has 0 fully saturated rings. The van der Waals surface area contributed by atoms with Crippen LogP contribution in [-0.2, 0) is 4.79 Å². The molecule has 0 spiro atoms. The Labute approximate surface area is 120 Å². The molecule has 0 bridgehead atoms. The molecule has 0 aliphatic carbocycles. The summed E-state index contributed by atoms with van der Waals surface area (Å²) in [4.78, 5) is 11.3. The second kappa shape index (κ2) is 11.3. The van der Waals surface area contributed by atoms with E-state index in [-0.39, 0.29) is 17.9 Å². The molecule has 112 valence electrons. The molecule has 0 aliphatic rings. The van der Waals surface area contributed by atoms with Gasteiger partial charge in [0.25, 0.3) is 0 Å². The van der Waals surface area contributed by atoms with E-state index in [9.17, 15) is 9.90 Å². The molecule has 19 heavy (non-hydrogen) atoms. The SMILES string of the molecule is C=CSCNC(O)C(N)CCCCNC(=O)C(C)C. The van der Waals surface area contributed by atoms with Crippen LogP contribution in [0, 0.1) is 5.92 Å². The molecule has 0 aromatic rings. The monoisotopic (exact) mass is 289 g/mol. The number of rotatable bonds is 11. The van der Waals surface area contributed by atoms with E-state index in [1.54, 1.807) is 5.41 Å². The number of hydrogen-bond donors (Lipinski definition) is 4. The van der Waals surface area contributed by atoms with E-state index in [0.29, 0.717) is 12.4 Å². The highest BCUT2D eigenvalue weighted by Gasteiger charge is 2.13. The van der Waals surface area contributed by atoms with E-state index in [1.807, 2.05) is 13.8 Å². The Kier molecular flexibility index (Phi) is 10.9. The van der Waals surface area contributed by atoms with Crippen LogP contribution >= 0.6 is 11.8 Å². The molecule has 0 heterocycles. The molecule has 0 rings (SSSR count). The van der Waals surface area contributed by atoms with Crippen LogP contribution in [-0.4, -0.2) is 35.7 Å². The summed E-state index contributed by atoms with van der Waals surface area (Å²) in [5.74, 6) is 0.700. The Hall–Kier alpha value is -0.560. The second-order valence-electron chi connectivity index (χ2n) is 4.73. The number of unbranched alkanes of at least 4 members (excludes halogenated alkanes) is 1. The topological polar surface area (TPSA) is 87.4 Å². The Balaban J connectivity index is 3.54. The van der Waals surface area contributed by atoms with Gasteiger partial charge in [-0.05, 0) is 18.2 Å². The summed E-state index contributed by atoms with van der Waals surface area (Å²) in [5.41, 5.74) is 5.85. The maximum absolute atomic E-state index is 11.3. The molecule has 0 aromatic heterocycles. The van der Waals surface area contributed by atoms with Crippen molar-refractivity contribution < 1.29 is 9.90 Å². The number of carbonyl (C=O) groups is 1. The normalized spacial score (nSPS) is 14.2. The zero-order valence-corrected chi connectivity index (χ0v) is 12.7. The third-order valence-corrected chi connectivity index (χ3v) is 3.26. The molecule has 0 aliphatic heterocycles. The lowest BCUT2D eigenvalue weighted by Gasteiger charge is -2.19. The lowest BCUT2D eigenvalue weighted by Crippen LogP contribution is -2.44. The van der Waals surface area contributed by atoms with Crippen molar-refractivity contribution in [2.45, 2.75) is 45.4 Å². The Morgan fingerprint density at radius 3 is 2.74 bits per heavy atom. The Morgan fingerprint density at radius 2 is 2.16 bits per heavy atom. The molecule has 6 heteroatoms. The van der Waals surface area contributed by atoms with Crippen molar-refractivity contribution in [1.29, 1.82) is 0 Å². The van der Waals surface area contributed by atoms with Gasteiger partial charge in [0.1, 0.15) is 6.23 Å². The Bertz CT molecular complexity index is 262. The molecule has 5 N–H and O–H groups in total. The van der Waals surface area contributed by atoms with E-state index >= 15 is 0 Å². The van der Waals surface area contributed by atoms with Gasteiger partial charge in [-0.25, -0.2) is 0 Å². The van der Waals surface area contributed by atoms with Crippen LogP contribution in [0.5, 0.6) is 0 Å². The van der Waals surface area contributed by atoms with Crippen LogP contribution in [0.4, 0.5) is 0 Å². The first-order valence-electron chi connectivity index (χ1n) is 6.66. The fourth-order valence-electron chi connectivity index (χ4n) is 1.42. The molecule has 0 radical (unpaired) electrons. The van der Waals surface area contributed by atoms with E-state index in [2.05, 4.69) is 17.2 Å². The fraction of sp³-hybridized carbons (Fsp3) is 0.769. The van der Waals surface area contributed by atoms with Crippen molar-refractivity contribution in [3.63, 3.8) is 0 Å². The lowest BCUT2D eigenvalue weighted by molar-refractivity contribution is -0.123. The van der Waals surface area contributed by atoms with Crippen LogP contribution < -0.4 is 16.4 Å². The standard InChI is InChI=1S/C13H27N3O2S/c1-4-19-9-16-13(18)11(14)7-5-6-8-15-12(17)10(2)3/h4,10-11,13,16,18H,1,5-9,14H2,2-3H3,(H,15,17). The molecule has 0 aromatic carbocycles. The van der Waals surface area contributed by atoms with E-state index in [0.717, 1.165) is 19.3 Å². The third kappa shape index (κ3) is 9.95. The van der Waals surface area contributed by atoms with Crippen molar-refractivity contribution in [2.24, 2.45) is 11.7 Å². The molecule has 2 atom stereocenters. The van der Waals surface area contributed by atoms with Gasteiger partial charge in [0, 0.05) is 24.4 Å². The summed E-state index contributed by atoms with van der Waals surface area (Å²) in [6.45, 7) is 7.98. The van der Waals surface area contributed by atoms with Crippen LogP contribution in [0.2, 0.25) is 0 Å². The molecular formula is C13H27N3O2S. The first-order valence-corrected chi connectivity index (χ1v) is 7.71. The van der Waals surface area contributed by atoms with Crippen LogP contribution in [0.25, 0.3) is 0 Å². The number of aliphatic hydroxyl groups excluding tert-OH is 1. The van der Waals surface area contributed by atoms with Gasteiger partial charge in [0.05, 0.1) is 0 Å². The minimum Gasteiger partial charge on any atom is -0.377 e. The highest BCUT2D eigenvalue weighted by molar-refractivity contribution is 8.02. The summed E-state index contributed by atoms with van der Waals surface area (Å²) in [5, 5.41) is 17.2. The number of thioether (sulfide) groups is 1. The number of nitrogens with one attached hydrogen (secondary N) is 2. The number of amides is 1. The zero-order valence-electron chi connectivity index (χ0n) is 11.9. The average molecular weight is 289 g/mol. The summed E-state index contributed by atoms with van der Waals surface area (Å²) in [6.07, 6.45) is 1.79. The van der Waals surface area contributed by atoms with Gasteiger partial charge in [-0.3, -0.25) is 10.1 Å². The molecule has 0 saturated heterocycles. The molecule has 5 nitrogen and oxygen atoms in total. The number of hydrogen-bond acceptors (Lipinski definition) is 5. The summed E-state index contributed by atoms with van der Waals surface area (Å²) < 4.78 is 0. The predicted octanol–water partition coefficient (Wildman–Crippen LogP) is 0.998. The minimum absolute atomic E-state index is 0.0237. The minimum atomic E-state index is -0.697. The maximum atomic E-state index is 11.3. The van der Waals surface area contributed by atoms with Crippen molar-refractivity contribution in [3.05, 3.63) is 12.0 Å². The van der Waals surface area contributed by atoms with E-state index in [4.69, 9.17) is 5.73 Å². The van der Waals surface area contributed by atoms with Crippen molar-refractivity contribution in [1.82, 2.24) is 10.6 Å². The fourth-order valence-corrected chi connectivity index (χ4v) is 1.81. The van der Waals surface area contributed by atoms with Gasteiger partial charge >= 0.3 is 0 Å². The quantitative estimate of drug-likeness (QED) is 0.337. The van der Waals surface area contributed by atoms with Crippen LogP contribution in [0.3, 0.4) is 0 Å². The van der Waals surface area contributed by atoms with E-state index < -0.39 is 6.23 Å². The van der Waals surface area contributed by atoms with Gasteiger partial charge < -0.3 is 16.2 Å². The second-order valence-corrected chi connectivity index (χ2v) is 5.69. The molecular weight excluding hydrogens is 262 g/mol. The first kappa shape index (κ1) is 18.4. The van der Waals surface area contributed by atoms with Crippen LogP contribution in [0.15, 0.2) is 12.0 Å². The van der Waals surface area contributed by atoms with Gasteiger partial charge in [0.15, 0.2) is 0 Å². The summed E-state index contributed by atoms with van der Waals surface area (Å²) in [7, 11) is 0. The van der Waals surface area contributed by atoms with Crippen molar-refractivity contribution in [3.8, 4) is 0 Å². The zero-order chi connectivity index (χ0) is 14.7. The summed E-state index contributed by atoms with van der Waals surface area (Å²) in [6, 6.07) is -0.286. The molecule has 0 saturated carbocycles. The van der Waals surface area contributed by atoms with Gasteiger partial charge in [-0.2, -0.15) is 0 Å². The number of aliphatic hydroxyl groups is 1. The molecule has 1 amide bonds. The van der Waals surface area contributed by atoms with Crippen LogP contribution in [0.1, 0.15) is 33.1 Å². The van der Waals surface area contributed by atoms with Gasteiger partial charge in [0.2, 0.25) is 5.91 Å². The van der Waals surface area contributed by atoms with Crippen molar-refractivity contribution in [2.75, 3.05) is 12.4 Å². The average Bonchev–Trinajstić information content (AvgIpc) is 2.37. The first-order chi connectivity index (χ1) is 8.99. The third-order valence-electron chi connectivity index (χ3n) is 2.69. The predicted molar refractivity (Wildman–Crippen MR) is 81.5 cm³/mol. The number of nitrogens with two attached hydrogens (primary N) is 1. The lowest BCUT2D eigenvalue weighted by atomic mass is 10.1. The Morgan fingerprint density at radius 1 is 1.47 bits per heavy atom. The highest BCUT2D eigenvalue weighted by Crippen LogP contribution is 2.03. The van der Waals surface area contributed by atoms with Gasteiger partial charge in [-0.1, -0.05) is 26.8 Å². The molecule has 2 unspecified atom stereocenters. The maximum Gasteiger partial charge on any atom is 0.222 e. The highest BCUT2D eigenvalue weighted by atomic mass is 32.2. The largest absolute Gasteiger partial charge is 0.377 e. The number of carbonyl (C=O) groups excluding carboxylic acids is 1. The smallest absolute Gasteiger partial charge is 0.222 e.